The van der Waals surface area contributed by atoms with Gasteiger partial charge in [-0.15, -0.1) is 0 Å². The van der Waals surface area contributed by atoms with Crippen molar-refractivity contribution in [3.05, 3.63) is 47.7 Å². The summed E-state index contributed by atoms with van der Waals surface area (Å²) in [6.45, 7) is 2.65. The van der Waals surface area contributed by atoms with E-state index >= 15 is 0 Å². The summed E-state index contributed by atoms with van der Waals surface area (Å²) in [5.41, 5.74) is 8.48. The van der Waals surface area contributed by atoms with Gasteiger partial charge in [0.1, 0.15) is 11.6 Å². The number of ether oxygens (including phenoxy) is 1. The standard InChI is InChI=1S/C15H19N3O/c1-11-13(16)8-9-15(17-11)18(2)10-12-6-4-5-7-14(12)19-3/h4-9H,10,16H2,1-3H3. The lowest BCUT2D eigenvalue weighted by molar-refractivity contribution is 0.409. The molecule has 0 fully saturated rings. The molecule has 1 heterocycles. The Morgan fingerprint density at radius 2 is 1.95 bits per heavy atom. The van der Waals surface area contributed by atoms with Crippen LogP contribution in [0.3, 0.4) is 0 Å². The first-order valence-corrected chi connectivity index (χ1v) is 6.18. The lowest BCUT2D eigenvalue weighted by Crippen LogP contribution is -2.18. The largest absolute Gasteiger partial charge is 0.496 e. The molecule has 4 nitrogen and oxygen atoms in total. The number of aromatic nitrogens is 1. The smallest absolute Gasteiger partial charge is 0.128 e. The molecule has 100 valence electrons. The number of pyridine rings is 1. The first-order chi connectivity index (χ1) is 9.11. The first-order valence-electron chi connectivity index (χ1n) is 6.18. The normalized spacial score (nSPS) is 10.3. The van der Waals surface area contributed by atoms with Gasteiger partial charge < -0.3 is 15.4 Å². The van der Waals surface area contributed by atoms with Crippen molar-refractivity contribution in [3.63, 3.8) is 0 Å². The van der Waals surface area contributed by atoms with Crippen molar-refractivity contribution >= 4 is 11.5 Å². The number of hydrogen-bond donors (Lipinski definition) is 1. The number of benzene rings is 1. The molecule has 19 heavy (non-hydrogen) atoms. The van der Waals surface area contributed by atoms with Gasteiger partial charge in [0.25, 0.3) is 0 Å². The molecule has 2 N–H and O–H groups in total. The predicted molar refractivity (Wildman–Crippen MR) is 78.5 cm³/mol. The van der Waals surface area contributed by atoms with Gasteiger partial charge in [-0.25, -0.2) is 4.98 Å². The van der Waals surface area contributed by atoms with Gasteiger partial charge in [-0.1, -0.05) is 18.2 Å². The zero-order valence-electron chi connectivity index (χ0n) is 11.6. The van der Waals surface area contributed by atoms with E-state index in [1.807, 2.05) is 44.3 Å². The number of rotatable bonds is 4. The van der Waals surface area contributed by atoms with Crippen LogP contribution in [0.15, 0.2) is 36.4 Å². The highest BCUT2D eigenvalue weighted by Crippen LogP contribution is 2.22. The van der Waals surface area contributed by atoms with E-state index in [2.05, 4.69) is 16.0 Å². The maximum absolute atomic E-state index is 5.79. The van der Waals surface area contributed by atoms with Crippen LogP contribution >= 0.6 is 0 Å². The Hall–Kier alpha value is -2.23. The van der Waals surface area contributed by atoms with Gasteiger partial charge in [0.2, 0.25) is 0 Å². The molecule has 0 radical (unpaired) electrons. The second kappa shape index (κ2) is 5.61. The van der Waals surface area contributed by atoms with Crippen LogP contribution in [0.25, 0.3) is 0 Å². The van der Waals surface area contributed by atoms with Gasteiger partial charge in [0.15, 0.2) is 0 Å². The molecule has 1 aromatic carbocycles. The fraction of sp³-hybridized carbons (Fsp3) is 0.267. The van der Waals surface area contributed by atoms with Gasteiger partial charge >= 0.3 is 0 Å². The van der Waals surface area contributed by atoms with E-state index in [1.54, 1.807) is 7.11 Å². The van der Waals surface area contributed by atoms with E-state index in [-0.39, 0.29) is 0 Å². The van der Waals surface area contributed by atoms with Crippen LogP contribution in [-0.4, -0.2) is 19.1 Å². The zero-order chi connectivity index (χ0) is 13.8. The highest BCUT2D eigenvalue weighted by Gasteiger charge is 2.08. The Labute approximate surface area is 113 Å². The zero-order valence-corrected chi connectivity index (χ0v) is 11.6. The topological polar surface area (TPSA) is 51.4 Å². The van der Waals surface area contributed by atoms with Crippen molar-refractivity contribution in [2.24, 2.45) is 0 Å². The predicted octanol–water partition coefficient (Wildman–Crippen LogP) is 2.62. The van der Waals surface area contributed by atoms with Crippen LogP contribution in [0.5, 0.6) is 5.75 Å². The second-order valence-corrected chi connectivity index (χ2v) is 4.51. The molecule has 2 rings (SSSR count). The molecule has 0 aliphatic carbocycles. The number of nitrogen functional groups attached to an aromatic ring is 1. The summed E-state index contributed by atoms with van der Waals surface area (Å²) in [6.07, 6.45) is 0. The molecule has 0 unspecified atom stereocenters. The fourth-order valence-corrected chi connectivity index (χ4v) is 1.94. The monoisotopic (exact) mass is 257 g/mol. The van der Waals surface area contributed by atoms with Crippen LogP contribution < -0.4 is 15.4 Å². The minimum Gasteiger partial charge on any atom is -0.496 e. The molecular formula is C15H19N3O. The molecule has 0 aliphatic rings. The first kappa shape index (κ1) is 13.2. The third-order valence-electron chi connectivity index (χ3n) is 3.10. The van der Waals surface area contributed by atoms with E-state index in [0.29, 0.717) is 0 Å². The molecular weight excluding hydrogens is 238 g/mol. The number of para-hydroxylation sites is 1. The number of aryl methyl sites for hydroxylation is 1. The van der Waals surface area contributed by atoms with Crippen molar-refractivity contribution in [3.8, 4) is 5.75 Å². The van der Waals surface area contributed by atoms with Gasteiger partial charge in [-0.3, -0.25) is 0 Å². The Balaban J connectivity index is 2.20. The third-order valence-corrected chi connectivity index (χ3v) is 3.10. The SMILES string of the molecule is COc1ccccc1CN(C)c1ccc(N)c(C)n1. The molecule has 0 saturated carbocycles. The fourth-order valence-electron chi connectivity index (χ4n) is 1.94. The van der Waals surface area contributed by atoms with Crippen LogP contribution in [0.4, 0.5) is 11.5 Å². The number of nitrogens with zero attached hydrogens (tertiary/aromatic N) is 2. The molecule has 1 aromatic heterocycles. The molecule has 2 aromatic rings. The summed E-state index contributed by atoms with van der Waals surface area (Å²) in [6, 6.07) is 11.8. The van der Waals surface area contributed by atoms with Gasteiger partial charge in [-0.05, 0) is 25.1 Å². The van der Waals surface area contributed by atoms with Crippen molar-refractivity contribution in [2.75, 3.05) is 24.8 Å². The maximum atomic E-state index is 5.79. The van der Waals surface area contributed by atoms with Crippen molar-refractivity contribution in [1.82, 2.24) is 4.98 Å². The quantitative estimate of drug-likeness (QED) is 0.914. The summed E-state index contributed by atoms with van der Waals surface area (Å²) in [4.78, 5) is 6.56. The number of nitrogens with two attached hydrogens (primary N) is 1. The lowest BCUT2D eigenvalue weighted by atomic mass is 10.2. The lowest BCUT2D eigenvalue weighted by Gasteiger charge is -2.20. The average Bonchev–Trinajstić information content (AvgIpc) is 2.42. The minimum absolute atomic E-state index is 0.717. The van der Waals surface area contributed by atoms with E-state index in [0.717, 1.165) is 35.1 Å². The highest BCUT2D eigenvalue weighted by atomic mass is 16.5. The van der Waals surface area contributed by atoms with Crippen molar-refractivity contribution in [1.29, 1.82) is 0 Å². The van der Waals surface area contributed by atoms with Crippen LogP contribution in [-0.2, 0) is 6.54 Å². The molecule has 0 aliphatic heterocycles. The summed E-state index contributed by atoms with van der Waals surface area (Å²) < 4.78 is 5.36. The van der Waals surface area contributed by atoms with Crippen molar-refractivity contribution < 1.29 is 4.74 Å². The summed E-state index contributed by atoms with van der Waals surface area (Å²) >= 11 is 0. The maximum Gasteiger partial charge on any atom is 0.128 e. The molecule has 0 spiro atoms. The number of hydrogen-bond acceptors (Lipinski definition) is 4. The van der Waals surface area contributed by atoms with Gasteiger partial charge in [0.05, 0.1) is 18.5 Å². The Morgan fingerprint density at radius 1 is 1.21 bits per heavy atom. The van der Waals surface area contributed by atoms with Crippen LogP contribution in [0.1, 0.15) is 11.3 Å². The Bertz CT molecular complexity index is 569. The van der Waals surface area contributed by atoms with E-state index in [9.17, 15) is 0 Å². The van der Waals surface area contributed by atoms with Gasteiger partial charge in [-0.2, -0.15) is 0 Å². The Kier molecular flexibility index (Phi) is 3.90. The Morgan fingerprint density at radius 3 is 2.63 bits per heavy atom. The molecule has 4 heteroatoms. The highest BCUT2D eigenvalue weighted by molar-refractivity contribution is 5.50. The van der Waals surface area contributed by atoms with E-state index < -0.39 is 0 Å². The molecule has 0 amide bonds. The van der Waals surface area contributed by atoms with E-state index in [4.69, 9.17) is 10.5 Å². The summed E-state index contributed by atoms with van der Waals surface area (Å²) in [5, 5.41) is 0. The van der Waals surface area contributed by atoms with Crippen LogP contribution in [0, 0.1) is 6.92 Å². The third kappa shape index (κ3) is 2.96. The second-order valence-electron chi connectivity index (χ2n) is 4.51. The minimum atomic E-state index is 0.717. The molecule has 0 atom stereocenters. The summed E-state index contributed by atoms with van der Waals surface area (Å²) in [7, 11) is 3.69. The molecule has 0 bridgehead atoms. The summed E-state index contributed by atoms with van der Waals surface area (Å²) in [5.74, 6) is 1.79. The average molecular weight is 257 g/mol. The van der Waals surface area contributed by atoms with Crippen molar-refractivity contribution in [2.45, 2.75) is 13.5 Å². The molecule has 0 saturated heterocycles. The number of anilines is 2. The van der Waals surface area contributed by atoms with Gasteiger partial charge in [0, 0.05) is 19.2 Å². The van der Waals surface area contributed by atoms with Crippen LogP contribution in [0.2, 0.25) is 0 Å². The number of methoxy groups -OCH3 is 1. The van der Waals surface area contributed by atoms with E-state index in [1.165, 1.54) is 0 Å².